The molecule has 2 rings (SSSR count). The van der Waals surface area contributed by atoms with E-state index in [-0.39, 0.29) is 10.7 Å². The van der Waals surface area contributed by atoms with Crippen LogP contribution in [0.4, 0.5) is 4.79 Å². The first kappa shape index (κ1) is 13.0. The Morgan fingerprint density at radius 2 is 1.89 bits per heavy atom. The van der Waals surface area contributed by atoms with Crippen molar-refractivity contribution in [3.63, 3.8) is 0 Å². The SMILES string of the molecule is O=Cc1ccc(OC(=O)/C=C2\SC(=O)NC2=O)cc1. The van der Waals surface area contributed by atoms with Crippen molar-refractivity contribution in [1.29, 1.82) is 0 Å². The molecule has 0 spiro atoms. The van der Waals surface area contributed by atoms with Crippen molar-refractivity contribution in [1.82, 2.24) is 5.32 Å². The highest BCUT2D eigenvalue weighted by molar-refractivity contribution is 8.18. The number of esters is 1. The number of amides is 2. The molecule has 0 saturated carbocycles. The summed E-state index contributed by atoms with van der Waals surface area (Å²) in [7, 11) is 0. The fourth-order valence-electron chi connectivity index (χ4n) is 1.29. The standard InChI is InChI=1S/C12H7NO5S/c14-6-7-1-3-8(4-2-7)18-10(15)5-9-11(16)13-12(17)19-9/h1-6H,(H,13,16,17)/b9-5-. The van der Waals surface area contributed by atoms with E-state index in [9.17, 15) is 19.2 Å². The zero-order valence-corrected chi connectivity index (χ0v) is 10.2. The molecule has 0 atom stereocenters. The van der Waals surface area contributed by atoms with E-state index in [1.807, 2.05) is 5.32 Å². The number of carbonyl (C=O) groups excluding carboxylic acids is 4. The molecule has 0 unspecified atom stereocenters. The lowest BCUT2D eigenvalue weighted by atomic mass is 10.2. The van der Waals surface area contributed by atoms with E-state index >= 15 is 0 Å². The molecular formula is C12H7NO5S. The normalized spacial score (nSPS) is 16.3. The van der Waals surface area contributed by atoms with E-state index in [1.165, 1.54) is 24.3 Å². The topological polar surface area (TPSA) is 89.5 Å². The molecule has 96 valence electrons. The number of hydrogen-bond donors (Lipinski definition) is 1. The first-order chi connectivity index (χ1) is 9.08. The summed E-state index contributed by atoms with van der Waals surface area (Å²) in [5.74, 6) is -1.16. The largest absolute Gasteiger partial charge is 0.423 e. The van der Waals surface area contributed by atoms with Gasteiger partial charge in [0.05, 0.1) is 4.91 Å². The number of rotatable bonds is 3. The lowest BCUT2D eigenvalue weighted by Crippen LogP contribution is -2.18. The molecule has 2 amide bonds. The van der Waals surface area contributed by atoms with Gasteiger partial charge in [-0.05, 0) is 36.0 Å². The highest BCUT2D eigenvalue weighted by atomic mass is 32.2. The number of ether oxygens (including phenoxy) is 1. The van der Waals surface area contributed by atoms with Crippen molar-refractivity contribution < 1.29 is 23.9 Å². The highest BCUT2D eigenvalue weighted by Crippen LogP contribution is 2.23. The van der Waals surface area contributed by atoms with Gasteiger partial charge in [0.15, 0.2) is 0 Å². The molecular weight excluding hydrogens is 270 g/mol. The maximum absolute atomic E-state index is 11.5. The third-order valence-corrected chi connectivity index (χ3v) is 2.94. The summed E-state index contributed by atoms with van der Waals surface area (Å²) in [5, 5.41) is 1.49. The zero-order chi connectivity index (χ0) is 13.8. The first-order valence-corrected chi connectivity index (χ1v) is 5.92. The van der Waals surface area contributed by atoms with Gasteiger partial charge in [-0.15, -0.1) is 0 Å². The van der Waals surface area contributed by atoms with Crippen LogP contribution in [-0.2, 0) is 9.59 Å². The summed E-state index contributed by atoms with van der Waals surface area (Å²) in [6.07, 6.45) is 1.61. The number of thioether (sulfide) groups is 1. The van der Waals surface area contributed by atoms with Gasteiger partial charge in [0.25, 0.3) is 11.1 Å². The Bertz CT molecular complexity index is 591. The molecule has 19 heavy (non-hydrogen) atoms. The lowest BCUT2D eigenvalue weighted by Gasteiger charge is -2.01. The summed E-state index contributed by atoms with van der Waals surface area (Å²) in [4.78, 5) is 44.0. The predicted molar refractivity (Wildman–Crippen MR) is 66.7 cm³/mol. The van der Waals surface area contributed by atoms with Crippen LogP contribution in [0, 0.1) is 0 Å². The Hall–Kier alpha value is -2.41. The zero-order valence-electron chi connectivity index (χ0n) is 9.41. The molecule has 1 fully saturated rings. The van der Waals surface area contributed by atoms with Crippen molar-refractivity contribution >= 4 is 35.2 Å². The van der Waals surface area contributed by atoms with Crippen LogP contribution in [0.5, 0.6) is 5.75 Å². The smallest absolute Gasteiger partial charge is 0.337 e. The first-order valence-electron chi connectivity index (χ1n) is 5.10. The van der Waals surface area contributed by atoms with E-state index in [4.69, 9.17) is 4.74 Å². The van der Waals surface area contributed by atoms with Gasteiger partial charge in [-0.2, -0.15) is 0 Å². The van der Waals surface area contributed by atoms with Gasteiger partial charge >= 0.3 is 5.97 Å². The van der Waals surface area contributed by atoms with E-state index in [1.54, 1.807) is 0 Å². The van der Waals surface area contributed by atoms with E-state index < -0.39 is 17.1 Å². The Morgan fingerprint density at radius 1 is 1.21 bits per heavy atom. The van der Waals surface area contributed by atoms with Crippen LogP contribution in [0.2, 0.25) is 0 Å². The number of carbonyl (C=O) groups is 4. The maximum Gasteiger partial charge on any atom is 0.337 e. The van der Waals surface area contributed by atoms with Gasteiger partial charge in [0, 0.05) is 11.6 Å². The molecule has 1 aromatic rings. The van der Waals surface area contributed by atoms with Crippen molar-refractivity contribution in [2.24, 2.45) is 0 Å². The van der Waals surface area contributed by atoms with Crippen molar-refractivity contribution in [3.05, 3.63) is 40.8 Å². The minimum absolute atomic E-state index is 0.0143. The van der Waals surface area contributed by atoms with Crippen molar-refractivity contribution in [2.75, 3.05) is 0 Å². The van der Waals surface area contributed by atoms with Crippen LogP contribution in [-0.4, -0.2) is 23.4 Å². The summed E-state index contributed by atoms with van der Waals surface area (Å²) in [6, 6.07) is 5.88. The maximum atomic E-state index is 11.5. The average molecular weight is 277 g/mol. The number of nitrogens with one attached hydrogen (secondary N) is 1. The Morgan fingerprint density at radius 3 is 2.42 bits per heavy atom. The van der Waals surface area contributed by atoms with Crippen molar-refractivity contribution in [3.8, 4) is 5.75 Å². The molecule has 1 aliphatic rings. The third kappa shape index (κ3) is 3.29. The Kier molecular flexibility index (Phi) is 3.76. The fraction of sp³-hybridized carbons (Fsp3) is 0. The summed E-state index contributed by atoms with van der Waals surface area (Å²) in [5.41, 5.74) is 0.453. The molecule has 1 saturated heterocycles. The second kappa shape index (κ2) is 5.49. The van der Waals surface area contributed by atoms with Crippen LogP contribution in [0.3, 0.4) is 0 Å². The van der Waals surface area contributed by atoms with Gasteiger partial charge < -0.3 is 4.74 Å². The Labute approximate surface area is 111 Å². The molecule has 0 aromatic heterocycles. The van der Waals surface area contributed by atoms with Crippen molar-refractivity contribution in [2.45, 2.75) is 0 Å². The van der Waals surface area contributed by atoms with Crippen LogP contribution < -0.4 is 10.1 Å². The summed E-state index contributed by atoms with van der Waals surface area (Å²) < 4.78 is 4.92. The van der Waals surface area contributed by atoms with Crippen LogP contribution in [0.1, 0.15) is 10.4 Å². The predicted octanol–water partition coefficient (Wildman–Crippen LogP) is 1.27. The Balaban J connectivity index is 2.04. The van der Waals surface area contributed by atoms with Gasteiger partial charge in [0.1, 0.15) is 12.0 Å². The molecule has 1 aliphatic heterocycles. The lowest BCUT2D eigenvalue weighted by molar-refractivity contribution is -0.129. The number of benzene rings is 1. The van der Waals surface area contributed by atoms with Crippen LogP contribution >= 0.6 is 11.8 Å². The molecule has 1 N–H and O–H groups in total. The molecule has 1 aromatic carbocycles. The number of aldehydes is 1. The van der Waals surface area contributed by atoms with E-state index in [0.29, 0.717) is 23.6 Å². The fourth-order valence-corrected chi connectivity index (χ4v) is 1.93. The average Bonchev–Trinajstić information content (AvgIpc) is 2.68. The van der Waals surface area contributed by atoms with Crippen LogP contribution in [0.25, 0.3) is 0 Å². The second-order valence-electron chi connectivity index (χ2n) is 3.46. The van der Waals surface area contributed by atoms with E-state index in [0.717, 1.165) is 6.08 Å². The molecule has 0 radical (unpaired) electrons. The van der Waals surface area contributed by atoms with Crippen LogP contribution in [0.15, 0.2) is 35.2 Å². The molecule has 0 aliphatic carbocycles. The van der Waals surface area contributed by atoms with Gasteiger partial charge in [0.2, 0.25) is 0 Å². The van der Waals surface area contributed by atoms with E-state index in [2.05, 4.69) is 0 Å². The number of imide groups is 1. The van der Waals surface area contributed by atoms with Gasteiger partial charge in [-0.25, -0.2) is 4.79 Å². The molecule has 1 heterocycles. The monoisotopic (exact) mass is 277 g/mol. The molecule has 6 nitrogen and oxygen atoms in total. The number of hydrogen-bond acceptors (Lipinski definition) is 6. The third-order valence-electron chi connectivity index (χ3n) is 2.13. The summed E-state index contributed by atoms with van der Waals surface area (Å²) in [6.45, 7) is 0. The quantitative estimate of drug-likeness (QED) is 0.387. The minimum Gasteiger partial charge on any atom is -0.423 e. The molecule has 7 heteroatoms. The van der Waals surface area contributed by atoms with Gasteiger partial charge in [-0.1, -0.05) is 0 Å². The molecule has 0 bridgehead atoms. The van der Waals surface area contributed by atoms with Gasteiger partial charge in [-0.3, -0.25) is 19.7 Å². The minimum atomic E-state index is -0.772. The highest BCUT2D eigenvalue weighted by Gasteiger charge is 2.26. The second-order valence-corrected chi connectivity index (χ2v) is 4.47. The summed E-state index contributed by atoms with van der Waals surface area (Å²) >= 11 is 0.633.